The molecule has 0 radical (unpaired) electrons. The summed E-state index contributed by atoms with van der Waals surface area (Å²) in [6, 6.07) is 5.64. The number of amidine groups is 1. The molecule has 0 aliphatic carbocycles. The number of hydrogen-bond acceptors (Lipinski definition) is 4. The zero-order chi connectivity index (χ0) is 14.0. The van der Waals surface area contributed by atoms with Crippen molar-refractivity contribution in [2.24, 2.45) is 5.73 Å². The minimum atomic E-state index is -0.178. The fraction of sp³-hybridized carbons (Fsp3) is 0.462. The summed E-state index contributed by atoms with van der Waals surface area (Å²) in [7, 11) is 0. The van der Waals surface area contributed by atoms with E-state index in [0.717, 1.165) is 5.69 Å². The Bertz CT molecular complexity index is 481. The summed E-state index contributed by atoms with van der Waals surface area (Å²) in [4.78, 5) is 2.14. The number of hydrogen-bond donors (Lipinski definition) is 3. The fourth-order valence-corrected chi connectivity index (χ4v) is 2.47. The van der Waals surface area contributed by atoms with E-state index in [1.807, 2.05) is 6.07 Å². The summed E-state index contributed by atoms with van der Waals surface area (Å²) in [5.74, 6) is -0.0418. The highest BCUT2D eigenvalue weighted by atomic mass is 35.5. The molecule has 2 atom stereocenters. The van der Waals surface area contributed by atoms with Crippen LogP contribution in [0.3, 0.4) is 0 Å². The molecule has 0 spiro atoms. The van der Waals surface area contributed by atoms with E-state index in [9.17, 15) is 5.11 Å². The molecule has 0 aromatic heterocycles. The van der Waals surface area contributed by atoms with Gasteiger partial charge in [-0.2, -0.15) is 0 Å². The molecule has 0 amide bonds. The number of rotatable bonds is 3. The smallest absolute Gasteiger partial charge is 0.124 e. The standard InChI is InChI=1S/C13H18ClN3O2/c1-8-7-19-10(6-18)5-17(8)9-2-3-11(13(15)16)12(14)4-9/h2-4,8,10,18H,5-7H2,1H3,(H3,15,16). The van der Waals surface area contributed by atoms with E-state index < -0.39 is 0 Å². The van der Waals surface area contributed by atoms with Gasteiger partial charge < -0.3 is 20.5 Å². The third-order valence-electron chi connectivity index (χ3n) is 3.28. The van der Waals surface area contributed by atoms with Crippen LogP contribution in [0.4, 0.5) is 5.69 Å². The Balaban J connectivity index is 2.25. The van der Waals surface area contributed by atoms with Crippen LogP contribution in [-0.4, -0.2) is 42.8 Å². The molecule has 1 aromatic carbocycles. The number of nitrogens with two attached hydrogens (primary N) is 1. The van der Waals surface area contributed by atoms with Crippen molar-refractivity contribution in [3.05, 3.63) is 28.8 Å². The van der Waals surface area contributed by atoms with Crippen LogP contribution in [0.5, 0.6) is 0 Å². The quantitative estimate of drug-likeness (QED) is 0.575. The number of anilines is 1. The van der Waals surface area contributed by atoms with E-state index in [1.165, 1.54) is 0 Å². The lowest BCUT2D eigenvalue weighted by molar-refractivity contribution is -0.0103. The Hall–Kier alpha value is -1.30. The van der Waals surface area contributed by atoms with Crippen LogP contribution in [0.15, 0.2) is 18.2 Å². The maximum absolute atomic E-state index is 9.19. The zero-order valence-electron chi connectivity index (χ0n) is 10.8. The van der Waals surface area contributed by atoms with Crippen LogP contribution < -0.4 is 10.6 Å². The van der Waals surface area contributed by atoms with Gasteiger partial charge in [0.15, 0.2) is 0 Å². The van der Waals surface area contributed by atoms with Crippen LogP contribution in [0.2, 0.25) is 5.02 Å². The molecule has 1 aromatic rings. The van der Waals surface area contributed by atoms with Crippen LogP contribution in [0.25, 0.3) is 0 Å². The third kappa shape index (κ3) is 3.00. The highest BCUT2D eigenvalue weighted by molar-refractivity contribution is 6.34. The van der Waals surface area contributed by atoms with Gasteiger partial charge in [-0.1, -0.05) is 11.6 Å². The maximum Gasteiger partial charge on any atom is 0.124 e. The van der Waals surface area contributed by atoms with Crippen molar-refractivity contribution < 1.29 is 9.84 Å². The van der Waals surface area contributed by atoms with E-state index in [1.54, 1.807) is 12.1 Å². The molecule has 104 valence electrons. The second kappa shape index (κ2) is 5.77. The second-order valence-electron chi connectivity index (χ2n) is 4.72. The Morgan fingerprint density at radius 2 is 2.37 bits per heavy atom. The molecule has 0 saturated carbocycles. The van der Waals surface area contributed by atoms with Crippen molar-refractivity contribution in [3.63, 3.8) is 0 Å². The third-order valence-corrected chi connectivity index (χ3v) is 3.60. The average molecular weight is 284 g/mol. The van der Waals surface area contributed by atoms with Crippen LogP contribution >= 0.6 is 11.6 Å². The number of nitrogens with one attached hydrogen (secondary N) is 1. The lowest BCUT2D eigenvalue weighted by atomic mass is 10.1. The average Bonchev–Trinajstić information content (AvgIpc) is 2.38. The minimum Gasteiger partial charge on any atom is -0.394 e. The number of aliphatic hydroxyl groups excluding tert-OH is 1. The lowest BCUT2D eigenvalue weighted by Gasteiger charge is -2.39. The first-order chi connectivity index (χ1) is 9.02. The van der Waals surface area contributed by atoms with Crippen molar-refractivity contribution in [1.82, 2.24) is 0 Å². The van der Waals surface area contributed by atoms with Gasteiger partial charge in [0.25, 0.3) is 0 Å². The van der Waals surface area contributed by atoms with E-state index in [4.69, 9.17) is 27.5 Å². The zero-order valence-corrected chi connectivity index (χ0v) is 11.5. The first-order valence-corrected chi connectivity index (χ1v) is 6.53. The topological polar surface area (TPSA) is 82.6 Å². The van der Waals surface area contributed by atoms with E-state index in [0.29, 0.717) is 23.7 Å². The predicted octanol–water partition coefficient (Wildman–Crippen LogP) is 1.21. The number of benzene rings is 1. The molecule has 0 bridgehead atoms. The van der Waals surface area contributed by atoms with Gasteiger partial charge in [0, 0.05) is 23.8 Å². The number of halogens is 1. The second-order valence-corrected chi connectivity index (χ2v) is 5.12. The summed E-state index contributed by atoms with van der Waals surface area (Å²) in [6.45, 7) is 3.24. The first-order valence-electron chi connectivity index (χ1n) is 6.16. The van der Waals surface area contributed by atoms with E-state index in [-0.39, 0.29) is 24.6 Å². The molecular formula is C13H18ClN3O2. The lowest BCUT2D eigenvalue weighted by Crippen LogP contribution is -2.49. The van der Waals surface area contributed by atoms with Crippen molar-refractivity contribution in [1.29, 1.82) is 5.41 Å². The number of aliphatic hydroxyl groups is 1. The highest BCUT2D eigenvalue weighted by Crippen LogP contribution is 2.27. The Morgan fingerprint density at radius 3 is 2.95 bits per heavy atom. The molecule has 1 saturated heterocycles. The largest absolute Gasteiger partial charge is 0.394 e. The van der Waals surface area contributed by atoms with Gasteiger partial charge in [0.1, 0.15) is 5.84 Å². The molecular weight excluding hydrogens is 266 g/mol. The fourth-order valence-electron chi connectivity index (χ4n) is 2.19. The van der Waals surface area contributed by atoms with Gasteiger partial charge in [-0.05, 0) is 25.1 Å². The van der Waals surface area contributed by atoms with Gasteiger partial charge in [-0.3, -0.25) is 5.41 Å². The molecule has 5 nitrogen and oxygen atoms in total. The van der Waals surface area contributed by atoms with Crippen LogP contribution in [-0.2, 0) is 4.74 Å². The van der Waals surface area contributed by atoms with E-state index >= 15 is 0 Å². The SMILES string of the molecule is CC1COC(CO)CN1c1ccc(C(=N)N)c(Cl)c1. The number of nitrogens with zero attached hydrogens (tertiary/aromatic N) is 1. The molecule has 2 unspecified atom stereocenters. The molecule has 1 aliphatic rings. The van der Waals surface area contributed by atoms with Gasteiger partial charge >= 0.3 is 0 Å². The highest BCUT2D eigenvalue weighted by Gasteiger charge is 2.26. The summed E-state index contributed by atoms with van der Waals surface area (Å²) in [6.07, 6.45) is -0.178. The van der Waals surface area contributed by atoms with Crippen molar-refractivity contribution in [3.8, 4) is 0 Å². The van der Waals surface area contributed by atoms with Gasteiger partial charge in [0.2, 0.25) is 0 Å². The van der Waals surface area contributed by atoms with Crippen LogP contribution in [0.1, 0.15) is 12.5 Å². The molecule has 1 aliphatic heterocycles. The molecule has 4 N–H and O–H groups in total. The number of ether oxygens (including phenoxy) is 1. The first kappa shape index (κ1) is 14.1. The Morgan fingerprint density at radius 1 is 1.63 bits per heavy atom. The van der Waals surface area contributed by atoms with Crippen molar-refractivity contribution >= 4 is 23.1 Å². The van der Waals surface area contributed by atoms with Gasteiger partial charge in [-0.15, -0.1) is 0 Å². The van der Waals surface area contributed by atoms with Crippen LogP contribution in [0, 0.1) is 5.41 Å². The van der Waals surface area contributed by atoms with Gasteiger partial charge in [-0.25, -0.2) is 0 Å². The summed E-state index contributed by atoms with van der Waals surface area (Å²) in [5.41, 5.74) is 6.93. The monoisotopic (exact) mass is 283 g/mol. The summed E-state index contributed by atoms with van der Waals surface area (Å²) in [5, 5.41) is 17.1. The Labute approximate surface area is 117 Å². The summed E-state index contributed by atoms with van der Waals surface area (Å²) < 4.78 is 5.50. The maximum atomic E-state index is 9.19. The van der Waals surface area contributed by atoms with E-state index in [2.05, 4.69) is 11.8 Å². The molecule has 1 fully saturated rings. The number of nitrogen functional groups attached to an aromatic ring is 1. The number of morpholine rings is 1. The van der Waals surface area contributed by atoms with Crippen molar-refractivity contribution in [2.75, 3.05) is 24.7 Å². The molecule has 2 rings (SSSR count). The Kier molecular flexibility index (Phi) is 4.29. The van der Waals surface area contributed by atoms with Crippen molar-refractivity contribution in [2.45, 2.75) is 19.1 Å². The normalized spacial score (nSPS) is 23.4. The van der Waals surface area contributed by atoms with Gasteiger partial charge in [0.05, 0.1) is 24.3 Å². The predicted molar refractivity (Wildman–Crippen MR) is 76.1 cm³/mol. The summed E-state index contributed by atoms with van der Waals surface area (Å²) >= 11 is 6.13. The molecule has 1 heterocycles. The molecule has 6 heteroatoms. The molecule has 19 heavy (non-hydrogen) atoms. The minimum absolute atomic E-state index is 0.00246.